The van der Waals surface area contributed by atoms with Crippen LogP contribution in [0.5, 0.6) is 0 Å². The van der Waals surface area contributed by atoms with Crippen molar-refractivity contribution in [2.24, 2.45) is 0 Å². The Labute approximate surface area is 72.4 Å². The average Bonchev–Trinajstić information content (AvgIpc) is 2.06. The van der Waals surface area contributed by atoms with Gasteiger partial charge < -0.3 is 14.5 Å². The standard InChI is InChI=1S/C8H14N2O2/c1-3-12-8(11)10-6-4-9(2)5-7-10/h3H,1,4-7H2,2H3. The molecule has 4 heteroatoms. The van der Waals surface area contributed by atoms with E-state index < -0.39 is 0 Å². The molecule has 4 nitrogen and oxygen atoms in total. The molecule has 0 unspecified atom stereocenters. The van der Waals surface area contributed by atoms with Crippen LogP contribution in [0.25, 0.3) is 0 Å². The number of carbonyl (C=O) groups excluding carboxylic acids is 1. The van der Waals surface area contributed by atoms with Crippen LogP contribution in [-0.2, 0) is 4.74 Å². The molecule has 1 saturated heterocycles. The number of amides is 1. The van der Waals surface area contributed by atoms with E-state index in [0.29, 0.717) is 0 Å². The SMILES string of the molecule is C=COC(=O)N1CCN(C)CC1. The van der Waals surface area contributed by atoms with Crippen molar-refractivity contribution < 1.29 is 9.53 Å². The molecule has 1 aliphatic rings. The Morgan fingerprint density at radius 1 is 1.42 bits per heavy atom. The van der Waals surface area contributed by atoms with Gasteiger partial charge in [0, 0.05) is 26.2 Å². The quantitative estimate of drug-likeness (QED) is 0.538. The molecule has 68 valence electrons. The van der Waals surface area contributed by atoms with Crippen LogP contribution in [0, 0.1) is 0 Å². The van der Waals surface area contributed by atoms with E-state index in [9.17, 15) is 4.79 Å². The minimum Gasteiger partial charge on any atom is -0.419 e. The molecule has 0 aromatic heterocycles. The summed E-state index contributed by atoms with van der Waals surface area (Å²) in [5, 5.41) is 0. The van der Waals surface area contributed by atoms with Gasteiger partial charge in [0.25, 0.3) is 0 Å². The first-order chi connectivity index (χ1) is 5.74. The predicted molar refractivity (Wildman–Crippen MR) is 45.7 cm³/mol. The lowest BCUT2D eigenvalue weighted by atomic mass is 10.3. The van der Waals surface area contributed by atoms with E-state index in [1.54, 1.807) is 4.90 Å². The van der Waals surface area contributed by atoms with Gasteiger partial charge in [0.15, 0.2) is 0 Å². The maximum Gasteiger partial charge on any atom is 0.414 e. The number of carbonyl (C=O) groups is 1. The Hall–Kier alpha value is -1.03. The Kier molecular flexibility index (Phi) is 3.10. The maximum atomic E-state index is 11.1. The molecule has 1 amide bonds. The Balaban J connectivity index is 2.33. The zero-order chi connectivity index (χ0) is 8.97. The fourth-order valence-corrected chi connectivity index (χ4v) is 1.13. The van der Waals surface area contributed by atoms with E-state index in [4.69, 9.17) is 0 Å². The lowest BCUT2D eigenvalue weighted by molar-refractivity contribution is 0.109. The van der Waals surface area contributed by atoms with E-state index in [0.717, 1.165) is 26.2 Å². The highest BCUT2D eigenvalue weighted by molar-refractivity contribution is 5.68. The fraction of sp³-hybridized carbons (Fsp3) is 0.625. The minimum atomic E-state index is -0.293. The summed E-state index contributed by atoms with van der Waals surface area (Å²) in [4.78, 5) is 15.0. The van der Waals surface area contributed by atoms with Gasteiger partial charge in [0.2, 0.25) is 0 Å². The summed E-state index contributed by atoms with van der Waals surface area (Å²) in [6.07, 6.45) is 0.874. The second-order valence-corrected chi connectivity index (χ2v) is 2.84. The molecule has 0 aromatic rings. The molecule has 0 saturated carbocycles. The first-order valence-corrected chi connectivity index (χ1v) is 3.99. The second kappa shape index (κ2) is 4.11. The van der Waals surface area contributed by atoms with E-state index in [2.05, 4.69) is 16.2 Å². The van der Waals surface area contributed by atoms with Crippen molar-refractivity contribution in [1.82, 2.24) is 9.80 Å². The number of hydrogen-bond acceptors (Lipinski definition) is 3. The number of nitrogens with zero attached hydrogens (tertiary/aromatic N) is 2. The smallest absolute Gasteiger partial charge is 0.414 e. The maximum absolute atomic E-state index is 11.1. The highest BCUT2D eigenvalue weighted by Crippen LogP contribution is 2.01. The lowest BCUT2D eigenvalue weighted by Crippen LogP contribution is -2.46. The van der Waals surface area contributed by atoms with Crippen LogP contribution in [-0.4, -0.2) is 49.1 Å². The van der Waals surface area contributed by atoms with Crippen molar-refractivity contribution in [1.29, 1.82) is 0 Å². The van der Waals surface area contributed by atoms with Crippen LogP contribution in [0.15, 0.2) is 12.8 Å². The third-order valence-electron chi connectivity index (χ3n) is 1.95. The number of piperazine rings is 1. The zero-order valence-electron chi connectivity index (χ0n) is 7.32. The van der Waals surface area contributed by atoms with Gasteiger partial charge in [-0.15, -0.1) is 0 Å². The molecule has 0 bridgehead atoms. The van der Waals surface area contributed by atoms with Crippen molar-refractivity contribution >= 4 is 6.09 Å². The molecule has 0 radical (unpaired) electrons. The first-order valence-electron chi connectivity index (χ1n) is 3.99. The van der Waals surface area contributed by atoms with Crippen molar-refractivity contribution in [2.75, 3.05) is 33.2 Å². The third kappa shape index (κ3) is 2.23. The molecule has 0 atom stereocenters. The summed E-state index contributed by atoms with van der Waals surface area (Å²) < 4.78 is 4.65. The molecule has 1 heterocycles. The van der Waals surface area contributed by atoms with Gasteiger partial charge in [-0.05, 0) is 7.05 Å². The monoisotopic (exact) mass is 170 g/mol. The van der Waals surface area contributed by atoms with Crippen molar-refractivity contribution in [3.05, 3.63) is 12.8 Å². The van der Waals surface area contributed by atoms with Crippen LogP contribution < -0.4 is 0 Å². The van der Waals surface area contributed by atoms with Crippen LogP contribution in [0.4, 0.5) is 4.79 Å². The second-order valence-electron chi connectivity index (χ2n) is 2.84. The van der Waals surface area contributed by atoms with Gasteiger partial charge in [0.05, 0.1) is 6.26 Å². The van der Waals surface area contributed by atoms with Crippen LogP contribution in [0.1, 0.15) is 0 Å². The molecular weight excluding hydrogens is 156 g/mol. The van der Waals surface area contributed by atoms with Gasteiger partial charge in [-0.25, -0.2) is 4.79 Å². The van der Waals surface area contributed by atoms with E-state index in [-0.39, 0.29) is 6.09 Å². The van der Waals surface area contributed by atoms with Crippen LogP contribution in [0.2, 0.25) is 0 Å². The average molecular weight is 170 g/mol. The lowest BCUT2D eigenvalue weighted by Gasteiger charge is -2.31. The minimum absolute atomic E-state index is 0.293. The van der Waals surface area contributed by atoms with Gasteiger partial charge in [-0.3, -0.25) is 0 Å². The van der Waals surface area contributed by atoms with Gasteiger partial charge in [0.1, 0.15) is 0 Å². The van der Waals surface area contributed by atoms with Crippen molar-refractivity contribution in [2.45, 2.75) is 0 Å². The molecule has 0 N–H and O–H groups in total. The summed E-state index contributed by atoms with van der Waals surface area (Å²) in [5.41, 5.74) is 0. The molecule has 0 spiro atoms. The van der Waals surface area contributed by atoms with Crippen LogP contribution >= 0.6 is 0 Å². The molecule has 0 aliphatic carbocycles. The Morgan fingerprint density at radius 3 is 2.50 bits per heavy atom. The summed E-state index contributed by atoms with van der Waals surface area (Å²) in [7, 11) is 2.04. The van der Waals surface area contributed by atoms with Crippen molar-refractivity contribution in [3.63, 3.8) is 0 Å². The molecule has 12 heavy (non-hydrogen) atoms. The number of hydrogen-bond donors (Lipinski definition) is 0. The van der Waals surface area contributed by atoms with Crippen molar-refractivity contribution in [3.8, 4) is 0 Å². The van der Waals surface area contributed by atoms with Gasteiger partial charge in [-0.1, -0.05) is 6.58 Å². The van der Waals surface area contributed by atoms with E-state index in [1.807, 2.05) is 7.05 Å². The number of likely N-dealkylation sites (N-methyl/N-ethyl adjacent to an activating group) is 1. The van der Waals surface area contributed by atoms with E-state index >= 15 is 0 Å². The normalized spacial score (nSPS) is 18.9. The largest absolute Gasteiger partial charge is 0.419 e. The fourth-order valence-electron chi connectivity index (χ4n) is 1.13. The van der Waals surface area contributed by atoms with Crippen LogP contribution in [0.3, 0.4) is 0 Å². The molecule has 1 fully saturated rings. The third-order valence-corrected chi connectivity index (χ3v) is 1.95. The zero-order valence-corrected chi connectivity index (χ0v) is 7.32. The van der Waals surface area contributed by atoms with Gasteiger partial charge in [-0.2, -0.15) is 0 Å². The summed E-state index contributed by atoms with van der Waals surface area (Å²) >= 11 is 0. The molecule has 1 aliphatic heterocycles. The van der Waals surface area contributed by atoms with Gasteiger partial charge >= 0.3 is 6.09 Å². The number of rotatable bonds is 1. The number of ether oxygens (including phenoxy) is 1. The topological polar surface area (TPSA) is 32.8 Å². The highest BCUT2D eigenvalue weighted by Gasteiger charge is 2.18. The highest BCUT2D eigenvalue weighted by atomic mass is 16.5. The summed E-state index contributed by atoms with van der Waals surface area (Å²) in [6, 6.07) is 0. The summed E-state index contributed by atoms with van der Waals surface area (Å²) in [5.74, 6) is 0. The molecule has 1 rings (SSSR count). The molecular formula is C8H14N2O2. The Morgan fingerprint density at radius 2 is 2.00 bits per heavy atom. The first kappa shape index (κ1) is 9.06. The predicted octanol–water partition coefficient (Wildman–Crippen LogP) is 0.514. The van der Waals surface area contributed by atoms with E-state index in [1.165, 1.54) is 6.26 Å². The summed E-state index contributed by atoms with van der Waals surface area (Å²) in [6.45, 7) is 6.63. The Bertz CT molecular complexity index is 174. The molecule has 0 aromatic carbocycles.